The fourth-order valence-corrected chi connectivity index (χ4v) is 4.25. The molecule has 1 aliphatic rings. The number of carbonyl (C=O) groups excluding carboxylic acids is 2. The summed E-state index contributed by atoms with van der Waals surface area (Å²) in [4.78, 5) is 25.9. The molecule has 0 aliphatic carbocycles. The number of hydrogen-bond donors (Lipinski definition) is 4. The molecule has 1 unspecified atom stereocenters. The Morgan fingerprint density at radius 2 is 1.88 bits per heavy atom. The van der Waals surface area contributed by atoms with Crippen LogP contribution in [0.4, 0.5) is 0 Å². The van der Waals surface area contributed by atoms with Gasteiger partial charge in [0.15, 0.2) is 0 Å². The summed E-state index contributed by atoms with van der Waals surface area (Å²) in [5.41, 5.74) is 7.88. The molecule has 0 radical (unpaired) electrons. The lowest BCUT2D eigenvalue weighted by molar-refractivity contribution is -0.136. The zero-order valence-corrected chi connectivity index (χ0v) is 18.8. The topological polar surface area (TPSA) is 116 Å². The van der Waals surface area contributed by atoms with Gasteiger partial charge < -0.3 is 26.2 Å². The highest BCUT2D eigenvalue weighted by Gasteiger charge is 2.32. The number of likely N-dealkylation sites (tertiary alicyclic amines) is 1. The van der Waals surface area contributed by atoms with Gasteiger partial charge in [0.1, 0.15) is 11.8 Å². The number of aromatic hydroxyl groups is 1. The van der Waals surface area contributed by atoms with Crippen LogP contribution in [0.5, 0.6) is 5.75 Å². The van der Waals surface area contributed by atoms with Gasteiger partial charge in [0.05, 0.1) is 12.5 Å². The van der Waals surface area contributed by atoms with Gasteiger partial charge in [-0.05, 0) is 61.9 Å². The number of aliphatic hydroxyl groups is 1. The van der Waals surface area contributed by atoms with Crippen LogP contribution in [0, 0.1) is 0 Å². The van der Waals surface area contributed by atoms with Crippen molar-refractivity contribution in [2.24, 2.45) is 5.73 Å². The van der Waals surface area contributed by atoms with Gasteiger partial charge in [-0.1, -0.05) is 36.4 Å². The second kappa shape index (κ2) is 10.1. The van der Waals surface area contributed by atoms with Gasteiger partial charge in [-0.3, -0.25) is 9.59 Å². The Bertz CT molecular complexity index is 942. The Morgan fingerprint density at radius 3 is 2.56 bits per heavy atom. The molecular formula is C25H33N3O4. The minimum Gasteiger partial charge on any atom is -0.508 e. The van der Waals surface area contributed by atoms with Gasteiger partial charge in [0.2, 0.25) is 11.8 Å². The first-order chi connectivity index (χ1) is 15.1. The number of phenolic OH excluding ortho intramolecular Hbond substituents is 1. The number of benzene rings is 2. The van der Waals surface area contributed by atoms with Crippen molar-refractivity contribution in [3.63, 3.8) is 0 Å². The number of primary amides is 1. The van der Waals surface area contributed by atoms with E-state index in [1.54, 1.807) is 29.2 Å². The summed E-state index contributed by atoms with van der Waals surface area (Å²) in [6.45, 7) is 5.08. The van der Waals surface area contributed by atoms with Crippen LogP contribution in [0.1, 0.15) is 49.5 Å². The van der Waals surface area contributed by atoms with Crippen molar-refractivity contribution in [3.8, 4) is 5.75 Å². The molecule has 0 saturated carbocycles. The second-order valence-corrected chi connectivity index (χ2v) is 9.19. The van der Waals surface area contributed by atoms with E-state index in [9.17, 15) is 19.8 Å². The molecule has 1 aliphatic heterocycles. The Hall–Kier alpha value is -2.90. The molecule has 3 rings (SSSR count). The van der Waals surface area contributed by atoms with E-state index in [1.807, 2.05) is 24.3 Å². The maximum Gasteiger partial charge on any atom is 0.240 e. The van der Waals surface area contributed by atoms with Crippen molar-refractivity contribution in [1.82, 2.24) is 10.2 Å². The number of amides is 2. The number of aliphatic hydroxyl groups excluding tert-OH is 1. The van der Waals surface area contributed by atoms with Gasteiger partial charge in [0.25, 0.3) is 0 Å². The molecule has 7 heteroatoms. The number of carbonyl (C=O) groups is 2. The third-order valence-electron chi connectivity index (χ3n) is 5.95. The summed E-state index contributed by atoms with van der Waals surface area (Å²) in [6.07, 6.45) is 1.71. The minimum absolute atomic E-state index is 0.0714. The highest BCUT2D eigenvalue weighted by molar-refractivity contribution is 5.88. The summed E-state index contributed by atoms with van der Waals surface area (Å²) in [7, 11) is 0. The van der Waals surface area contributed by atoms with Gasteiger partial charge >= 0.3 is 0 Å². The highest BCUT2D eigenvalue weighted by atomic mass is 16.3. The first-order valence-corrected chi connectivity index (χ1v) is 11.0. The average molecular weight is 440 g/mol. The predicted molar refractivity (Wildman–Crippen MR) is 123 cm³/mol. The molecule has 2 amide bonds. The molecule has 172 valence electrons. The molecule has 2 atom stereocenters. The molecule has 5 N–H and O–H groups in total. The summed E-state index contributed by atoms with van der Waals surface area (Å²) in [6, 6.07) is 13.9. The van der Waals surface area contributed by atoms with Crippen molar-refractivity contribution in [1.29, 1.82) is 0 Å². The lowest BCUT2D eigenvalue weighted by atomic mass is 9.93. The number of rotatable bonds is 9. The normalized spacial score (nSPS) is 17.3. The van der Waals surface area contributed by atoms with Gasteiger partial charge in [-0.15, -0.1) is 0 Å². The van der Waals surface area contributed by atoms with Crippen LogP contribution < -0.4 is 11.1 Å². The zero-order valence-electron chi connectivity index (χ0n) is 18.8. The second-order valence-electron chi connectivity index (χ2n) is 9.19. The van der Waals surface area contributed by atoms with Gasteiger partial charge in [-0.2, -0.15) is 0 Å². The number of nitrogens with zero attached hydrogens (tertiary/aromatic N) is 1. The third kappa shape index (κ3) is 6.31. The number of phenols is 1. The van der Waals surface area contributed by atoms with Crippen molar-refractivity contribution in [3.05, 3.63) is 65.2 Å². The van der Waals surface area contributed by atoms with Crippen LogP contribution in [0.25, 0.3) is 0 Å². The van der Waals surface area contributed by atoms with E-state index in [4.69, 9.17) is 5.73 Å². The molecule has 32 heavy (non-hydrogen) atoms. The van der Waals surface area contributed by atoms with Gasteiger partial charge in [-0.25, -0.2) is 0 Å². The lowest BCUT2D eigenvalue weighted by Gasteiger charge is -2.28. The van der Waals surface area contributed by atoms with E-state index < -0.39 is 18.1 Å². The fraction of sp³-hybridized carbons (Fsp3) is 0.440. The molecule has 7 nitrogen and oxygen atoms in total. The Balaban J connectivity index is 1.57. The number of β-amino-alcohol motifs (C(OH)–C–C–N with tert-alkyl or cyclic N) is 1. The van der Waals surface area contributed by atoms with Crippen LogP contribution in [0.15, 0.2) is 48.5 Å². The van der Waals surface area contributed by atoms with E-state index in [0.717, 1.165) is 23.1 Å². The Kier molecular flexibility index (Phi) is 7.53. The van der Waals surface area contributed by atoms with Crippen molar-refractivity contribution < 1.29 is 19.8 Å². The molecule has 0 spiro atoms. The van der Waals surface area contributed by atoms with Gasteiger partial charge in [0, 0.05) is 18.6 Å². The van der Waals surface area contributed by atoms with E-state index in [-0.39, 0.29) is 23.6 Å². The molecule has 1 saturated heterocycles. The monoisotopic (exact) mass is 439 g/mol. The molecule has 0 bridgehead atoms. The maximum absolute atomic E-state index is 12.7. The standard InChI is InChI=1S/C25H33N3O4/c1-25(2,27-16-22(30)19-8-10-20(29)11-9-19)15-18-6-3-5-17(13-18)14-23(31)28-12-4-7-21(28)24(26)32/h3,5-6,8-11,13,21-22,27,29-30H,4,7,12,14-16H2,1-2H3,(H2,26,32)/t21-,22?/m0/s1. The third-order valence-corrected chi connectivity index (χ3v) is 5.95. The number of nitrogens with one attached hydrogen (secondary N) is 1. The Labute approximate surface area is 189 Å². The van der Waals surface area contributed by atoms with Crippen LogP contribution >= 0.6 is 0 Å². The lowest BCUT2D eigenvalue weighted by Crippen LogP contribution is -2.44. The van der Waals surface area contributed by atoms with Crippen molar-refractivity contribution in [2.75, 3.05) is 13.1 Å². The summed E-state index contributed by atoms with van der Waals surface area (Å²) >= 11 is 0. The molecule has 0 aromatic heterocycles. The zero-order chi connectivity index (χ0) is 23.3. The quantitative estimate of drug-likeness (QED) is 0.477. The van der Waals surface area contributed by atoms with E-state index >= 15 is 0 Å². The molecule has 2 aromatic rings. The fourth-order valence-electron chi connectivity index (χ4n) is 4.25. The molecule has 1 fully saturated rings. The maximum atomic E-state index is 12.7. The number of hydrogen-bond acceptors (Lipinski definition) is 5. The van der Waals surface area contributed by atoms with Crippen LogP contribution in [-0.2, 0) is 22.4 Å². The highest BCUT2D eigenvalue weighted by Crippen LogP contribution is 2.21. The first-order valence-electron chi connectivity index (χ1n) is 11.0. The average Bonchev–Trinajstić information content (AvgIpc) is 3.23. The van der Waals surface area contributed by atoms with Crippen LogP contribution in [0.3, 0.4) is 0 Å². The SMILES string of the molecule is CC(C)(Cc1cccc(CC(=O)N2CCC[C@H]2C(N)=O)c1)NCC(O)c1ccc(O)cc1. The molecular weight excluding hydrogens is 406 g/mol. The van der Waals surface area contributed by atoms with Crippen LogP contribution in [-0.4, -0.2) is 51.6 Å². The Morgan fingerprint density at radius 1 is 1.19 bits per heavy atom. The summed E-state index contributed by atoms with van der Waals surface area (Å²) in [5.74, 6) is -0.341. The summed E-state index contributed by atoms with van der Waals surface area (Å²) < 4.78 is 0. The van der Waals surface area contributed by atoms with Crippen molar-refractivity contribution in [2.45, 2.75) is 57.2 Å². The van der Waals surface area contributed by atoms with Crippen LogP contribution in [0.2, 0.25) is 0 Å². The smallest absolute Gasteiger partial charge is 0.240 e. The predicted octanol–water partition coefficient (Wildman–Crippen LogP) is 2.06. The minimum atomic E-state index is -0.683. The summed E-state index contributed by atoms with van der Waals surface area (Å²) in [5, 5.41) is 23.2. The largest absolute Gasteiger partial charge is 0.508 e. The van der Waals surface area contributed by atoms with E-state index in [0.29, 0.717) is 25.9 Å². The van der Waals surface area contributed by atoms with Crippen molar-refractivity contribution >= 4 is 11.8 Å². The van der Waals surface area contributed by atoms with E-state index in [2.05, 4.69) is 19.2 Å². The van der Waals surface area contributed by atoms with E-state index in [1.165, 1.54) is 0 Å². The number of nitrogens with two attached hydrogens (primary N) is 1. The first kappa shape index (κ1) is 23.8. The molecule has 2 aromatic carbocycles. The molecule has 1 heterocycles.